The molecule has 0 aliphatic heterocycles. The summed E-state index contributed by atoms with van der Waals surface area (Å²) in [5, 5.41) is 20.5. The molecule has 0 aliphatic rings. The number of hydrogen-bond donors (Lipinski definition) is 2. The van der Waals surface area contributed by atoms with E-state index in [2.05, 4.69) is 15.5 Å². The standard InChI is InChI=1S/C18H16ClN5O4S/c19-13-6-7-14(15(10-13)24(27)28)20-16(25)11-29-18-22-21-17(26)23(18)9-8-12-4-2-1-3-5-12/h1-7,10H,8-9,11H2,(H,20,25)(H,21,26). The van der Waals surface area contributed by atoms with Gasteiger partial charge < -0.3 is 5.32 Å². The van der Waals surface area contributed by atoms with Crippen LogP contribution < -0.4 is 11.0 Å². The van der Waals surface area contributed by atoms with Crippen LogP contribution in [0.2, 0.25) is 5.02 Å². The third-order valence-corrected chi connectivity index (χ3v) is 5.16. The number of aromatic nitrogens is 3. The molecule has 0 saturated heterocycles. The lowest BCUT2D eigenvalue weighted by atomic mass is 10.1. The summed E-state index contributed by atoms with van der Waals surface area (Å²) in [6.45, 7) is 0.409. The van der Waals surface area contributed by atoms with Crippen LogP contribution in [0, 0.1) is 10.1 Å². The number of nitrogens with one attached hydrogen (secondary N) is 2. The summed E-state index contributed by atoms with van der Waals surface area (Å²) in [6, 6.07) is 13.7. The minimum atomic E-state index is -0.621. The lowest BCUT2D eigenvalue weighted by Gasteiger charge is -2.07. The summed E-state index contributed by atoms with van der Waals surface area (Å²) >= 11 is 6.83. The largest absolute Gasteiger partial charge is 0.343 e. The van der Waals surface area contributed by atoms with Crippen molar-refractivity contribution in [2.45, 2.75) is 18.1 Å². The number of aromatic amines is 1. The van der Waals surface area contributed by atoms with Crippen LogP contribution in [-0.4, -0.2) is 31.3 Å². The Bertz CT molecular complexity index is 1080. The van der Waals surface area contributed by atoms with E-state index in [1.165, 1.54) is 22.8 Å². The highest BCUT2D eigenvalue weighted by atomic mass is 35.5. The van der Waals surface area contributed by atoms with Gasteiger partial charge in [0.15, 0.2) is 5.16 Å². The molecular formula is C18H16ClN5O4S. The third-order valence-electron chi connectivity index (χ3n) is 3.95. The van der Waals surface area contributed by atoms with Crippen molar-refractivity contribution in [3.05, 3.63) is 79.7 Å². The van der Waals surface area contributed by atoms with Crippen molar-refractivity contribution in [2.75, 3.05) is 11.1 Å². The Morgan fingerprint density at radius 3 is 2.76 bits per heavy atom. The van der Waals surface area contributed by atoms with Crippen LogP contribution in [0.4, 0.5) is 11.4 Å². The fourth-order valence-electron chi connectivity index (χ4n) is 2.57. The molecule has 0 fully saturated rings. The highest BCUT2D eigenvalue weighted by Gasteiger charge is 2.17. The first-order valence-corrected chi connectivity index (χ1v) is 9.86. The highest BCUT2D eigenvalue weighted by molar-refractivity contribution is 7.99. The van der Waals surface area contributed by atoms with Gasteiger partial charge >= 0.3 is 5.69 Å². The normalized spacial score (nSPS) is 10.7. The molecule has 3 rings (SSSR count). The second kappa shape index (κ2) is 9.39. The van der Waals surface area contributed by atoms with Gasteiger partial charge in [-0.3, -0.25) is 19.5 Å². The summed E-state index contributed by atoms with van der Waals surface area (Å²) in [7, 11) is 0. The molecule has 0 unspecified atom stereocenters. The van der Waals surface area contributed by atoms with Crippen molar-refractivity contribution in [1.82, 2.24) is 14.8 Å². The molecule has 11 heteroatoms. The summed E-state index contributed by atoms with van der Waals surface area (Å²) < 4.78 is 1.45. The van der Waals surface area contributed by atoms with Gasteiger partial charge in [0.05, 0.1) is 10.7 Å². The number of carbonyl (C=O) groups is 1. The number of rotatable bonds is 8. The number of amides is 1. The Morgan fingerprint density at radius 2 is 2.03 bits per heavy atom. The molecule has 0 saturated carbocycles. The number of benzene rings is 2. The molecule has 0 radical (unpaired) electrons. The van der Waals surface area contributed by atoms with Gasteiger partial charge in [-0.2, -0.15) is 0 Å². The number of nitro benzene ring substituents is 1. The second-order valence-corrected chi connectivity index (χ2v) is 7.33. The predicted molar refractivity (Wildman–Crippen MR) is 110 cm³/mol. The summed E-state index contributed by atoms with van der Waals surface area (Å²) in [5.74, 6) is -0.541. The molecule has 1 heterocycles. The molecule has 29 heavy (non-hydrogen) atoms. The van der Waals surface area contributed by atoms with E-state index in [0.29, 0.717) is 18.1 Å². The summed E-state index contributed by atoms with van der Waals surface area (Å²) in [4.78, 5) is 34.7. The first-order chi connectivity index (χ1) is 13.9. The minimum absolute atomic E-state index is 0.0495. The predicted octanol–water partition coefficient (Wildman–Crippen LogP) is 3.11. The Morgan fingerprint density at radius 1 is 1.28 bits per heavy atom. The molecule has 0 aliphatic carbocycles. The number of thioether (sulfide) groups is 1. The van der Waals surface area contributed by atoms with Crippen LogP contribution in [0.3, 0.4) is 0 Å². The molecule has 2 N–H and O–H groups in total. The highest BCUT2D eigenvalue weighted by Crippen LogP contribution is 2.28. The zero-order valence-corrected chi connectivity index (χ0v) is 16.6. The second-order valence-electron chi connectivity index (χ2n) is 5.95. The van der Waals surface area contributed by atoms with Crippen LogP contribution in [0.1, 0.15) is 5.56 Å². The minimum Gasteiger partial charge on any atom is -0.320 e. The smallest absolute Gasteiger partial charge is 0.320 e. The number of H-pyrrole nitrogens is 1. The van der Waals surface area contributed by atoms with Crippen molar-refractivity contribution in [1.29, 1.82) is 0 Å². The maximum absolute atomic E-state index is 12.2. The molecular weight excluding hydrogens is 418 g/mol. The Labute approximate surface area is 174 Å². The van der Waals surface area contributed by atoms with Gasteiger partial charge in [-0.1, -0.05) is 53.7 Å². The van der Waals surface area contributed by atoms with Crippen LogP contribution >= 0.6 is 23.4 Å². The Kier molecular flexibility index (Phi) is 6.68. The number of nitrogens with zero attached hydrogens (tertiary/aromatic N) is 3. The van der Waals surface area contributed by atoms with Gasteiger partial charge in [-0.25, -0.2) is 9.89 Å². The van der Waals surface area contributed by atoms with E-state index < -0.39 is 10.8 Å². The molecule has 0 bridgehead atoms. The van der Waals surface area contributed by atoms with Crippen molar-refractivity contribution >= 4 is 40.6 Å². The van der Waals surface area contributed by atoms with E-state index in [1.54, 1.807) is 0 Å². The van der Waals surface area contributed by atoms with Crippen LogP contribution in [0.5, 0.6) is 0 Å². The van der Waals surface area contributed by atoms with Crippen molar-refractivity contribution in [3.63, 3.8) is 0 Å². The monoisotopic (exact) mass is 433 g/mol. The molecule has 3 aromatic rings. The van der Waals surface area contributed by atoms with Crippen LogP contribution in [-0.2, 0) is 17.8 Å². The van der Waals surface area contributed by atoms with E-state index in [4.69, 9.17) is 11.6 Å². The van der Waals surface area contributed by atoms with Crippen molar-refractivity contribution in [3.8, 4) is 0 Å². The van der Waals surface area contributed by atoms with Gasteiger partial charge in [-0.15, -0.1) is 5.10 Å². The number of anilines is 1. The van der Waals surface area contributed by atoms with Crippen molar-refractivity contribution in [2.24, 2.45) is 0 Å². The van der Waals surface area contributed by atoms with E-state index in [1.807, 2.05) is 30.3 Å². The fourth-order valence-corrected chi connectivity index (χ4v) is 3.51. The van der Waals surface area contributed by atoms with E-state index >= 15 is 0 Å². The SMILES string of the molecule is O=C(CSc1n[nH]c(=O)n1CCc1ccccc1)Nc1ccc(Cl)cc1[N+](=O)[O-]. The molecule has 150 valence electrons. The molecule has 0 spiro atoms. The quantitative estimate of drug-likeness (QED) is 0.319. The molecule has 1 aromatic heterocycles. The van der Waals surface area contributed by atoms with Crippen LogP contribution in [0.15, 0.2) is 58.5 Å². The van der Waals surface area contributed by atoms with Crippen molar-refractivity contribution < 1.29 is 9.72 Å². The molecule has 0 atom stereocenters. The maximum Gasteiger partial charge on any atom is 0.343 e. The molecule has 9 nitrogen and oxygen atoms in total. The number of halogens is 1. The number of carbonyl (C=O) groups excluding carboxylic acids is 1. The van der Waals surface area contributed by atoms with E-state index in [0.717, 1.165) is 17.3 Å². The lowest BCUT2D eigenvalue weighted by Crippen LogP contribution is -2.20. The molecule has 1 amide bonds. The summed E-state index contributed by atoms with van der Waals surface area (Å²) in [5.41, 5.74) is 0.463. The number of hydrogen-bond acceptors (Lipinski definition) is 6. The first-order valence-electron chi connectivity index (χ1n) is 8.50. The van der Waals surface area contributed by atoms with Gasteiger partial charge in [0.25, 0.3) is 5.69 Å². The fraction of sp³-hybridized carbons (Fsp3) is 0.167. The Hall–Kier alpha value is -3.11. The topological polar surface area (TPSA) is 123 Å². The maximum atomic E-state index is 12.2. The Balaban J connectivity index is 1.63. The van der Waals surface area contributed by atoms with Gasteiger partial charge in [-0.05, 0) is 24.1 Å². The van der Waals surface area contributed by atoms with Gasteiger partial charge in [0, 0.05) is 17.6 Å². The average molecular weight is 434 g/mol. The molecule has 2 aromatic carbocycles. The van der Waals surface area contributed by atoms with E-state index in [-0.39, 0.29) is 27.8 Å². The number of nitro groups is 1. The van der Waals surface area contributed by atoms with Gasteiger partial charge in [0.1, 0.15) is 5.69 Å². The zero-order chi connectivity index (χ0) is 20.8. The van der Waals surface area contributed by atoms with Gasteiger partial charge in [0.2, 0.25) is 5.91 Å². The van der Waals surface area contributed by atoms with E-state index in [9.17, 15) is 19.7 Å². The lowest BCUT2D eigenvalue weighted by molar-refractivity contribution is -0.383. The average Bonchev–Trinajstić information content (AvgIpc) is 3.06. The third kappa shape index (κ3) is 5.46. The van der Waals surface area contributed by atoms with Crippen LogP contribution in [0.25, 0.3) is 0 Å². The first kappa shape index (κ1) is 20.6. The zero-order valence-electron chi connectivity index (χ0n) is 15.0. The number of aryl methyl sites for hydroxylation is 1. The summed E-state index contributed by atoms with van der Waals surface area (Å²) in [6.07, 6.45) is 0.636.